The summed E-state index contributed by atoms with van der Waals surface area (Å²) in [6.07, 6.45) is 9.05. The van der Waals surface area contributed by atoms with Crippen molar-refractivity contribution in [2.75, 3.05) is 18.0 Å². The van der Waals surface area contributed by atoms with Gasteiger partial charge in [-0.25, -0.2) is 24.7 Å². The van der Waals surface area contributed by atoms with Gasteiger partial charge in [-0.1, -0.05) is 0 Å². The summed E-state index contributed by atoms with van der Waals surface area (Å²) in [7, 11) is 0. The van der Waals surface area contributed by atoms with E-state index >= 15 is 0 Å². The molecule has 0 bridgehead atoms. The quantitative estimate of drug-likeness (QED) is 0.767. The minimum atomic E-state index is -0.987. The van der Waals surface area contributed by atoms with Crippen LogP contribution in [0.5, 0.6) is 0 Å². The Kier molecular flexibility index (Phi) is 3.07. The third-order valence-corrected chi connectivity index (χ3v) is 5.47. The van der Waals surface area contributed by atoms with Crippen LogP contribution in [-0.4, -0.2) is 48.7 Å². The zero-order valence-electron chi connectivity index (χ0n) is 14.4. The van der Waals surface area contributed by atoms with Crippen LogP contribution in [0.1, 0.15) is 34.5 Å². The first-order valence-corrected chi connectivity index (χ1v) is 8.64. The standard InChI is InChI=1S/C18H18N6O2/c1-11-12(4-20-17(22-11)24-8-18(9-24)2-3-18)6-23-7-14(16(25)26)13-5-19-10-21-15(13)23/h4-5,7,10H,2-3,6,8-9H2,1H3,(H,25,26). The molecule has 1 N–H and O–H groups in total. The second-order valence-corrected chi connectivity index (χ2v) is 7.37. The molecule has 3 aromatic heterocycles. The molecule has 4 heterocycles. The number of nitrogens with zero attached hydrogens (tertiary/aromatic N) is 6. The Hall–Kier alpha value is -3.03. The van der Waals surface area contributed by atoms with Gasteiger partial charge in [0.25, 0.3) is 0 Å². The van der Waals surface area contributed by atoms with Gasteiger partial charge >= 0.3 is 5.97 Å². The Morgan fingerprint density at radius 3 is 2.77 bits per heavy atom. The first-order chi connectivity index (χ1) is 12.5. The number of rotatable bonds is 4. The summed E-state index contributed by atoms with van der Waals surface area (Å²) in [4.78, 5) is 31.1. The van der Waals surface area contributed by atoms with E-state index < -0.39 is 5.97 Å². The van der Waals surface area contributed by atoms with Gasteiger partial charge in [-0.2, -0.15) is 0 Å². The Morgan fingerprint density at radius 1 is 1.27 bits per heavy atom. The lowest BCUT2D eigenvalue weighted by molar-refractivity contribution is 0.0698. The number of hydrogen-bond donors (Lipinski definition) is 1. The molecule has 2 fully saturated rings. The molecule has 26 heavy (non-hydrogen) atoms. The van der Waals surface area contributed by atoms with Gasteiger partial charge in [-0.3, -0.25) is 0 Å². The summed E-state index contributed by atoms with van der Waals surface area (Å²) in [5.41, 5.74) is 3.21. The van der Waals surface area contributed by atoms with Crippen molar-refractivity contribution in [1.29, 1.82) is 0 Å². The number of carbonyl (C=O) groups is 1. The Morgan fingerprint density at radius 2 is 2.08 bits per heavy atom. The van der Waals surface area contributed by atoms with Crippen molar-refractivity contribution in [1.82, 2.24) is 24.5 Å². The lowest BCUT2D eigenvalue weighted by atomic mass is 9.98. The molecule has 5 rings (SSSR count). The van der Waals surface area contributed by atoms with E-state index in [1.165, 1.54) is 25.4 Å². The van der Waals surface area contributed by atoms with E-state index in [1.807, 2.05) is 17.7 Å². The predicted molar refractivity (Wildman–Crippen MR) is 94.2 cm³/mol. The maximum atomic E-state index is 11.5. The molecule has 2 aliphatic rings. The average molecular weight is 350 g/mol. The van der Waals surface area contributed by atoms with Crippen LogP contribution in [0, 0.1) is 12.3 Å². The highest BCUT2D eigenvalue weighted by Crippen LogP contribution is 2.53. The number of fused-ring (bicyclic) bond motifs is 1. The fourth-order valence-electron chi connectivity index (χ4n) is 3.69. The lowest BCUT2D eigenvalue weighted by Crippen LogP contribution is -2.49. The fourth-order valence-corrected chi connectivity index (χ4v) is 3.69. The third-order valence-electron chi connectivity index (χ3n) is 5.47. The second-order valence-electron chi connectivity index (χ2n) is 7.37. The Bertz CT molecular complexity index is 1030. The number of carboxylic acid groups (broad SMARTS) is 1. The van der Waals surface area contributed by atoms with Crippen LogP contribution in [-0.2, 0) is 6.54 Å². The molecule has 1 saturated heterocycles. The molecule has 0 aromatic carbocycles. The van der Waals surface area contributed by atoms with E-state index in [0.29, 0.717) is 23.0 Å². The van der Waals surface area contributed by atoms with Crippen molar-refractivity contribution in [3.8, 4) is 0 Å². The molecular weight excluding hydrogens is 332 g/mol. The average Bonchev–Trinajstić information content (AvgIpc) is 3.32. The number of aryl methyl sites for hydroxylation is 1. The monoisotopic (exact) mass is 350 g/mol. The van der Waals surface area contributed by atoms with Crippen LogP contribution in [0.25, 0.3) is 11.0 Å². The van der Waals surface area contributed by atoms with Crippen molar-refractivity contribution in [2.45, 2.75) is 26.3 Å². The molecule has 0 atom stereocenters. The van der Waals surface area contributed by atoms with E-state index in [0.717, 1.165) is 30.3 Å². The van der Waals surface area contributed by atoms with E-state index in [9.17, 15) is 9.90 Å². The summed E-state index contributed by atoms with van der Waals surface area (Å²) in [6.45, 7) is 4.56. The van der Waals surface area contributed by atoms with Gasteiger partial charge in [0.15, 0.2) is 0 Å². The Labute approximate surface area is 149 Å². The smallest absolute Gasteiger partial charge is 0.337 e. The summed E-state index contributed by atoms with van der Waals surface area (Å²) >= 11 is 0. The van der Waals surface area contributed by atoms with Crippen LogP contribution in [0.4, 0.5) is 5.95 Å². The van der Waals surface area contributed by atoms with Crippen molar-refractivity contribution in [3.05, 3.63) is 41.7 Å². The number of carboxylic acids is 1. The minimum Gasteiger partial charge on any atom is -0.478 e. The summed E-state index contributed by atoms with van der Waals surface area (Å²) < 4.78 is 1.81. The fraction of sp³-hybridized carbons (Fsp3) is 0.389. The predicted octanol–water partition coefficient (Wildman–Crippen LogP) is 1.88. The van der Waals surface area contributed by atoms with Crippen molar-refractivity contribution < 1.29 is 9.90 Å². The van der Waals surface area contributed by atoms with Gasteiger partial charge in [0.05, 0.1) is 17.5 Å². The zero-order valence-corrected chi connectivity index (χ0v) is 14.4. The molecule has 0 unspecified atom stereocenters. The third kappa shape index (κ3) is 2.33. The van der Waals surface area contributed by atoms with Gasteiger partial charge in [0.1, 0.15) is 12.0 Å². The van der Waals surface area contributed by atoms with E-state index in [4.69, 9.17) is 0 Å². The number of anilines is 1. The first kappa shape index (κ1) is 15.2. The minimum absolute atomic E-state index is 0.200. The van der Waals surface area contributed by atoms with Crippen LogP contribution in [0.3, 0.4) is 0 Å². The molecular formula is C18H18N6O2. The zero-order chi connectivity index (χ0) is 17.9. The van der Waals surface area contributed by atoms with Crippen molar-refractivity contribution >= 4 is 23.0 Å². The number of hydrogen-bond acceptors (Lipinski definition) is 6. The van der Waals surface area contributed by atoms with E-state index in [1.54, 1.807) is 6.20 Å². The second kappa shape index (κ2) is 5.23. The molecule has 1 aliphatic carbocycles. The molecule has 8 heteroatoms. The van der Waals surface area contributed by atoms with Crippen molar-refractivity contribution in [3.63, 3.8) is 0 Å². The van der Waals surface area contributed by atoms with Crippen LogP contribution >= 0.6 is 0 Å². The molecule has 0 amide bonds. The van der Waals surface area contributed by atoms with Gasteiger partial charge in [-0.15, -0.1) is 0 Å². The van der Waals surface area contributed by atoms with E-state index in [-0.39, 0.29) is 5.56 Å². The van der Waals surface area contributed by atoms with Gasteiger partial charge < -0.3 is 14.6 Å². The van der Waals surface area contributed by atoms with Crippen LogP contribution in [0.15, 0.2) is 24.9 Å². The summed E-state index contributed by atoms with van der Waals surface area (Å²) in [6, 6.07) is 0. The van der Waals surface area contributed by atoms with Gasteiger partial charge in [0, 0.05) is 48.4 Å². The molecule has 1 spiro atoms. The highest BCUT2D eigenvalue weighted by Gasteiger charge is 2.53. The summed E-state index contributed by atoms with van der Waals surface area (Å²) in [5.74, 6) is -0.201. The van der Waals surface area contributed by atoms with Gasteiger partial charge in [-0.05, 0) is 19.8 Å². The molecule has 3 aromatic rings. The first-order valence-electron chi connectivity index (χ1n) is 8.64. The molecule has 132 valence electrons. The normalized spacial score (nSPS) is 17.5. The summed E-state index contributed by atoms with van der Waals surface area (Å²) in [5, 5.41) is 9.93. The topological polar surface area (TPSA) is 97.0 Å². The maximum absolute atomic E-state index is 11.5. The molecule has 8 nitrogen and oxygen atoms in total. The molecule has 1 saturated carbocycles. The Balaban J connectivity index is 1.44. The maximum Gasteiger partial charge on any atom is 0.337 e. The lowest BCUT2D eigenvalue weighted by Gasteiger charge is -2.40. The van der Waals surface area contributed by atoms with Crippen LogP contribution < -0.4 is 4.90 Å². The van der Waals surface area contributed by atoms with E-state index in [2.05, 4.69) is 24.8 Å². The van der Waals surface area contributed by atoms with Gasteiger partial charge in [0.2, 0.25) is 5.95 Å². The number of aromatic nitrogens is 5. The highest BCUT2D eigenvalue weighted by molar-refractivity contribution is 6.02. The number of aromatic carboxylic acids is 1. The SMILES string of the molecule is Cc1nc(N2CC3(CC3)C2)ncc1Cn1cc(C(=O)O)c2cncnc21. The molecule has 1 aliphatic heterocycles. The van der Waals surface area contributed by atoms with Crippen LogP contribution in [0.2, 0.25) is 0 Å². The van der Waals surface area contributed by atoms with Crippen molar-refractivity contribution in [2.24, 2.45) is 5.41 Å². The largest absolute Gasteiger partial charge is 0.478 e. The highest BCUT2D eigenvalue weighted by atomic mass is 16.4. The molecule has 0 radical (unpaired) electrons.